The third-order valence-electron chi connectivity index (χ3n) is 20.4. The number of hydrogen-bond donors (Lipinski definition) is 12. The van der Waals surface area contributed by atoms with Gasteiger partial charge in [-0.15, -0.1) is 0 Å². The van der Waals surface area contributed by atoms with E-state index in [4.69, 9.17) is 38.1 Å². The number of rotatable bonds is 20. The van der Waals surface area contributed by atoms with E-state index in [-0.39, 0.29) is 176 Å². The molecule has 6 atom stereocenters. The normalized spacial score (nSPS) is 17.5. The van der Waals surface area contributed by atoms with Crippen molar-refractivity contribution < 1.29 is 146 Å². The lowest BCUT2D eigenvalue weighted by Gasteiger charge is -2.28. The second-order valence-electron chi connectivity index (χ2n) is 30.1. The van der Waals surface area contributed by atoms with Gasteiger partial charge >= 0.3 is 78.5 Å². The van der Waals surface area contributed by atoms with Crippen molar-refractivity contribution in [2.75, 3.05) is 0 Å². The average molecular weight is 1600 g/mol. The molecule has 0 bridgehead atoms. The Balaban J connectivity index is 0.000000192. The maximum absolute atomic E-state index is 11.5. The Morgan fingerprint density at radius 3 is 0.681 bits per heavy atom. The van der Waals surface area contributed by atoms with Crippen LogP contribution in [0.4, 0.5) is 0 Å². The smallest absolute Gasteiger partial charge is 0.526 e. The predicted molar refractivity (Wildman–Crippen MR) is 426 cm³/mol. The molecule has 6 aromatic rings. The molecule has 6 aliphatic heterocycles. The number of carboxylic acids is 6. The van der Waals surface area contributed by atoms with Crippen LogP contribution in [0.15, 0.2) is 72.8 Å². The molecule has 0 radical (unpaired) electrons. The molecule has 6 aromatic carbocycles. The van der Waals surface area contributed by atoms with Crippen LogP contribution in [0.3, 0.4) is 0 Å². The fraction of sp³-hybridized carbons (Fsp3) is 0.400. The minimum atomic E-state index is -1.14. The van der Waals surface area contributed by atoms with Gasteiger partial charge in [0.05, 0.1) is 0 Å². The minimum Gasteiger partial charge on any atom is -0.535 e. The standard InChI is InChI=1S/2C14H17BO5.4C13H15BO5/c2*1-3-11(16)7-10-6-9-5-4-8(2)12(14(17)18)13(9)20-15(10)19;2*1-7-3-9-6-10(5-8(2)15)14(18)19-12(9)11(4-7)13(16)17;2*1-7-3-4-9-6-10(5-8(2)15)14(18)19-12(9)11(7)13(16)17/h2*4-5,10,19H,3,6-7H2,1-2H3,(H,17,18);4*3-4,10,18H,5-6H2,1-2H3,(H,16,17)/t6*10-/m110000/s1. The van der Waals surface area contributed by atoms with Gasteiger partial charge in [0, 0.05) is 86.3 Å². The Morgan fingerprint density at radius 1 is 0.293 bits per heavy atom. The summed E-state index contributed by atoms with van der Waals surface area (Å²) in [6.45, 7) is 19.7. The van der Waals surface area contributed by atoms with Crippen molar-refractivity contribution in [2.24, 2.45) is 0 Å². The summed E-state index contributed by atoms with van der Waals surface area (Å²) in [5, 5.41) is 115. The Labute approximate surface area is 671 Å². The number of benzene rings is 6. The van der Waals surface area contributed by atoms with E-state index in [0.717, 1.165) is 44.5 Å². The van der Waals surface area contributed by atoms with Crippen molar-refractivity contribution in [1.29, 1.82) is 0 Å². The lowest BCUT2D eigenvalue weighted by atomic mass is 9.64. The van der Waals surface area contributed by atoms with Crippen molar-refractivity contribution in [3.63, 3.8) is 0 Å². The quantitative estimate of drug-likeness (QED) is 0.0316. The Hall–Kier alpha value is -10.9. The third kappa shape index (κ3) is 23.7. The summed E-state index contributed by atoms with van der Waals surface area (Å²) in [6.07, 6.45) is 4.87. The van der Waals surface area contributed by atoms with Gasteiger partial charge in [-0.2, -0.15) is 0 Å². The van der Waals surface area contributed by atoms with E-state index >= 15 is 0 Å². The molecule has 0 aromatic heterocycles. The number of ketones is 6. The fourth-order valence-corrected chi connectivity index (χ4v) is 14.7. The first kappa shape index (κ1) is 92.3. The maximum Gasteiger partial charge on any atom is 0.526 e. The zero-order valence-corrected chi connectivity index (χ0v) is 66.5. The van der Waals surface area contributed by atoms with Gasteiger partial charge in [-0.05, 0) is 187 Å². The molecular formula is C80H94B6O30. The van der Waals surface area contributed by atoms with Gasteiger partial charge in [0.1, 0.15) is 103 Å². The number of fused-ring (bicyclic) bond motifs is 6. The molecule has 12 N–H and O–H groups in total. The lowest BCUT2D eigenvalue weighted by Crippen LogP contribution is -2.36. The highest BCUT2D eigenvalue weighted by Gasteiger charge is 2.44. The van der Waals surface area contributed by atoms with Gasteiger partial charge < -0.3 is 108 Å². The first-order chi connectivity index (χ1) is 54.4. The molecule has 6 heterocycles. The van der Waals surface area contributed by atoms with Crippen molar-refractivity contribution in [2.45, 2.75) is 208 Å². The van der Waals surface area contributed by atoms with Crippen molar-refractivity contribution >= 4 is 113 Å². The molecule has 0 aliphatic carbocycles. The van der Waals surface area contributed by atoms with Crippen LogP contribution in [-0.2, 0) is 67.3 Å². The first-order valence-electron chi connectivity index (χ1n) is 37.7. The molecule has 30 nitrogen and oxygen atoms in total. The monoisotopic (exact) mass is 1600 g/mol. The largest absolute Gasteiger partial charge is 0.535 e. The van der Waals surface area contributed by atoms with Crippen LogP contribution >= 0.6 is 0 Å². The second-order valence-corrected chi connectivity index (χ2v) is 30.1. The summed E-state index contributed by atoms with van der Waals surface area (Å²) < 4.78 is 32.1. The van der Waals surface area contributed by atoms with Gasteiger partial charge in [0.15, 0.2) is 0 Å². The summed E-state index contributed by atoms with van der Waals surface area (Å²) in [4.78, 5) is 135. The molecule has 612 valence electrons. The summed E-state index contributed by atoms with van der Waals surface area (Å²) in [6, 6.07) is 20.7. The molecule has 0 saturated heterocycles. The van der Waals surface area contributed by atoms with Crippen LogP contribution in [0.2, 0.25) is 34.9 Å². The number of hydrogen-bond acceptors (Lipinski definition) is 24. The molecule has 0 unspecified atom stereocenters. The molecule has 36 heteroatoms. The van der Waals surface area contributed by atoms with Crippen LogP contribution in [0.5, 0.6) is 34.5 Å². The molecule has 116 heavy (non-hydrogen) atoms. The van der Waals surface area contributed by atoms with E-state index in [1.54, 1.807) is 104 Å². The average Bonchev–Trinajstić information content (AvgIpc) is 0.824. The maximum atomic E-state index is 11.5. The number of aromatic carboxylic acids is 6. The SMILES string of the molecule is CC(=O)C[C@H]1Cc2cc(C)cc(C(=O)O)c2OB1O.CC(=O)C[C@H]1Cc2cc(C)cc(C(=O)O)c2OB1O.CC(=O)C[C@H]1Cc2ccc(C)c(C(=O)O)c2OB1O.CC(=O)C[C@H]1Cc2ccc(C)c(C(=O)O)c2OB1O.CCC(=O)C[C@H]1Cc2ccc(C)c(C(=O)O)c2OB1O.CCC(=O)C[C@H]1Cc2ccc(C)c(C(=O)O)c2OB1O. The highest BCUT2D eigenvalue weighted by atomic mass is 16.5. The van der Waals surface area contributed by atoms with Crippen LogP contribution < -0.4 is 27.9 Å². The van der Waals surface area contributed by atoms with E-state index in [1.807, 2.05) is 12.1 Å². The number of carbonyl (C=O) groups excluding carboxylic acids is 6. The third-order valence-corrected chi connectivity index (χ3v) is 20.4. The van der Waals surface area contributed by atoms with Crippen LogP contribution in [-0.4, -0.2) is 174 Å². The van der Waals surface area contributed by atoms with Crippen molar-refractivity contribution in [3.8, 4) is 34.5 Å². The molecule has 0 spiro atoms. The molecular weight excluding hydrogens is 1510 g/mol. The van der Waals surface area contributed by atoms with Crippen LogP contribution in [0, 0.1) is 41.5 Å². The Bertz CT molecular complexity index is 4500. The molecule has 0 amide bonds. The second kappa shape index (κ2) is 40.6. The summed E-state index contributed by atoms with van der Waals surface area (Å²) in [5.74, 6) is -7.07. The van der Waals surface area contributed by atoms with Crippen molar-refractivity contribution in [3.05, 3.63) is 173 Å². The van der Waals surface area contributed by atoms with Gasteiger partial charge in [-0.1, -0.05) is 74.5 Å². The van der Waals surface area contributed by atoms with Gasteiger partial charge in [-0.25, -0.2) is 28.8 Å². The highest BCUT2D eigenvalue weighted by molar-refractivity contribution is 6.49. The number of carboxylic acid groups (broad SMARTS) is 6. The van der Waals surface area contributed by atoms with Gasteiger partial charge in [0.25, 0.3) is 0 Å². The van der Waals surface area contributed by atoms with E-state index in [1.165, 1.54) is 39.8 Å². The minimum absolute atomic E-state index is 0.0257. The molecule has 0 fully saturated rings. The predicted octanol–water partition coefficient (Wildman–Crippen LogP) is 9.53. The van der Waals surface area contributed by atoms with E-state index < -0.39 is 78.5 Å². The highest BCUT2D eigenvalue weighted by Crippen LogP contribution is 2.44. The fourth-order valence-electron chi connectivity index (χ4n) is 14.7. The number of carbonyl (C=O) groups is 12. The van der Waals surface area contributed by atoms with Crippen LogP contribution in [0.25, 0.3) is 0 Å². The van der Waals surface area contributed by atoms with Gasteiger partial charge in [-0.3, -0.25) is 9.59 Å². The van der Waals surface area contributed by atoms with E-state index in [2.05, 4.69) is 0 Å². The Kier molecular flexibility index (Phi) is 32.3. The first-order valence-corrected chi connectivity index (χ1v) is 37.7. The topological polar surface area (TPSA) is 503 Å². The van der Waals surface area contributed by atoms with Crippen molar-refractivity contribution in [1.82, 2.24) is 0 Å². The number of aryl methyl sites for hydroxylation is 6. The molecule has 12 rings (SSSR count). The summed E-state index contributed by atoms with van der Waals surface area (Å²) in [7, 11) is -6.85. The van der Waals surface area contributed by atoms with Gasteiger partial charge in [0.2, 0.25) is 0 Å². The zero-order chi connectivity index (χ0) is 86.3. The number of Topliss-reactive ketones (excluding diaryl/α,β-unsaturated/α-hetero) is 6. The van der Waals surface area contributed by atoms with E-state index in [0.29, 0.717) is 73.6 Å². The Morgan fingerprint density at radius 2 is 0.491 bits per heavy atom. The molecule has 0 saturated carbocycles. The summed E-state index contributed by atoms with van der Waals surface area (Å²) >= 11 is 0. The molecule has 6 aliphatic rings. The lowest BCUT2D eigenvalue weighted by molar-refractivity contribution is -0.119. The zero-order valence-electron chi connectivity index (χ0n) is 66.5. The van der Waals surface area contributed by atoms with E-state index in [9.17, 15) is 108 Å². The summed E-state index contributed by atoms with van der Waals surface area (Å²) in [5.41, 5.74) is 8.78. The van der Waals surface area contributed by atoms with Crippen LogP contribution in [0.1, 0.15) is 222 Å².